The molecular formula is C37H30BrN3O6S. The molecule has 6 rings (SSSR count). The minimum Gasteiger partial charge on any atom is -0.486 e. The fourth-order valence-electron chi connectivity index (χ4n) is 4.72. The van der Waals surface area contributed by atoms with Gasteiger partial charge < -0.3 is 29.8 Å². The number of hydrogen-bond acceptors (Lipinski definition) is 7. The lowest BCUT2D eigenvalue weighted by Gasteiger charge is -2.19. The van der Waals surface area contributed by atoms with E-state index in [1.165, 1.54) is 17.8 Å². The number of carbonyl (C=O) groups excluding carboxylic acids is 3. The molecule has 1 unspecified atom stereocenters. The Morgan fingerprint density at radius 1 is 0.792 bits per heavy atom. The zero-order chi connectivity index (χ0) is 33.5. The molecule has 3 N–H and O–H groups in total. The largest absolute Gasteiger partial charge is 0.486 e. The fraction of sp³-hybridized carbons (Fsp3) is 0.108. The summed E-state index contributed by atoms with van der Waals surface area (Å²) in [5.74, 6) is 1.12. The van der Waals surface area contributed by atoms with Crippen LogP contribution < -0.4 is 25.4 Å². The highest BCUT2D eigenvalue weighted by atomic mass is 79.9. The summed E-state index contributed by atoms with van der Waals surface area (Å²) < 4.78 is 18.1. The van der Waals surface area contributed by atoms with Crippen LogP contribution >= 0.6 is 27.7 Å². The summed E-state index contributed by atoms with van der Waals surface area (Å²) in [6.07, 6.45) is 1.49. The van der Waals surface area contributed by atoms with E-state index in [9.17, 15) is 14.4 Å². The third-order valence-corrected chi connectivity index (χ3v) is 8.82. The number of ether oxygens (including phenoxy) is 2. The number of fused-ring (bicyclic) bond motifs is 1. The Morgan fingerprint density at radius 3 is 2.25 bits per heavy atom. The normalized spacial score (nSPS) is 12.9. The van der Waals surface area contributed by atoms with Crippen molar-refractivity contribution in [3.8, 4) is 22.8 Å². The van der Waals surface area contributed by atoms with Gasteiger partial charge in [-0.15, -0.1) is 11.8 Å². The topological polar surface area (TPSA) is 119 Å². The van der Waals surface area contributed by atoms with Gasteiger partial charge in [-0.25, -0.2) is 0 Å². The van der Waals surface area contributed by atoms with Crippen molar-refractivity contribution in [3.05, 3.63) is 131 Å². The predicted octanol–water partition coefficient (Wildman–Crippen LogP) is 8.01. The molecule has 9 nitrogen and oxygen atoms in total. The third kappa shape index (κ3) is 8.36. The molecule has 0 fully saturated rings. The van der Waals surface area contributed by atoms with Crippen molar-refractivity contribution in [2.45, 2.75) is 17.1 Å². The maximum atomic E-state index is 13.5. The summed E-state index contributed by atoms with van der Waals surface area (Å²) in [6.45, 7) is 2.78. The highest BCUT2D eigenvalue weighted by Gasteiger charge is 2.19. The molecule has 4 aromatic carbocycles. The summed E-state index contributed by atoms with van der Waals surface area (Å²) in [6, 6.07) is 32.2. The SMILES string of the molecule is CC(Sc1ccc(NC(=O)C(=Cc2ccc(-c3ccc(Br)cc3)o2)NC(=O)c2ccccc2)cc1)C(=O)Nc1ccc2c(c1)OCCO2. The molecule has 1 atom stereocenters. The fourth-order valence-corrected chi connectivity index (χ4v) is 5.85. The molecule has 0 saturated heterocycles. The Bertz CT molecular complexity index is 1960. The van der Waals surface area contributed by atoms with Crippen LogP contribution in [0.5, 0.6) is 11.5 Å². The van der Waals surface area contributed by atoms with Crippen LogP contribution in [0.15, 0.2) is 129 Å². The number of nitrogens with one attached hydrogen (secondary N) is 3. The lowest BCUT2D eigenvalue weighted by molar-refractivity contribution is -0.115. The number of anilines is 2. The summed E-state index contributed by atoms with van der Waals surface area (Å²) in [5, 5.41) is 8.08. The number of thioether (sulfide) groups is 1. The first-order valence-electron chi connectivity index (χ1n) is 15.0. The molecule has 1 aliphatic rings. The van der Waals surface area contributed by atoms with Gasteiger partial charge in [0.1, 0.15) is 30.4 Å². The molecule has 1 aliphatic heterocycles. The van der Waals surface area contributed by atoms with Gasteiger partial charge in [0.05, 0.1) is 5.25 Å². The Balaban J connectivity index is 1.12. The number of hydrogen-bond donors (Lipinski definition) is 3. The first-order valence-corrected chi connectivity index (χ1v) is 16.7. The first-order chi connectivity index (χ1) is 23.3. The van der Waals surface area contributed by atoms with E-state index in [4.69, 9.17) is 13.9 Å². The van der Waals surface area contributed by atoms with Crippen LogP contribution in [0, 0.1) is 0 Å². The van der Waals surface area contributed by atoms with Crippen LogP contribution in [0.2, 0.25) is 0 Å². The van der Waals surface area contributed by atoms with Gasteiger partial charge in [-0.2, -0.15) is 0 Å². The molecule has 242 valence electrons. The second-order valence-electron chi connectivity index (χ2n) is 10.7. The lowest BCUT2D eigenvalue weighted by Crippen LogP contribution is -2.30. The lowest BCUT2D eigenvalue weighted by atomic mass is 10.2. The van der Waals surface area contributed by atoms with E-state index in [2.05, 4.69) is 31.9 Å². The van der Waals surface area contributed by atoms with E-state index in [0.717, 1.165) is 14.9 Å². The Labute approximate surface area is 289 Å². The molecule has 3 amide bonds. The number of amides is 3. The monoisotopic (exact) mass is 723 g/mol. The minimum atomic E-state index is -0.534. The van der Waals surface area contributed by atoms with Gasteiger partial charge in [0.2, 0.25) is 5.91 Å². The van der Waals surface area contributed by atoms with Gasteiger partial charge in [-0.1, -0.05) is 46.3 Å². The summed E-state index contributed by atoms with van der Waals surface area (Å²) in [7, 11) is 0. The van der Waals surface area contributed by atoms with Gasteiger partial charge in [0, 0.05) is 44.0 Å². The van der Waals surface area contributed by atoms with Crippen molar-refractivity contribution < 1.29 is 28.3 Å². The molecule has 0 bridgehead atoms. The first kappa shape index (κ1) is 32.7. The predicted molar refractivity (Wildman–Crippen MR) is 190 cm³/mol. The van der Waals surface area contributed by atoms with E-state index in [1.807, 2.05) is 49.4 Å². The summed E-state index contributed by atoms with van der Waals surface area (Å²) in [4.78, 5) is 40.3. The van der Waals surface area contributed by atoms with Crippen molar-refractivity contribution in [1.29, 1.82) is 0 Å². The van der Waals surface area contributed by atoms with Gasteiger partial charge in [-0.3, -0.25) is 14.4 Å². The van der Waals surface area contributed by atoms with E-state index in [1.54, 1.807) is 66.7 Å². The zero-order valence-corrected chi connectivity index (χ0v) is 28.1. The molecule has 48 heavy (non-hydrogen) atoms. The second-order valence-corrected chi connectivity index (χ2v) is 13.0. The highest BCUT2D eigenvalue weighted by Crippen LogP contribution is 2.33. The highest BCUT2D eigenvalue weighted by molar-refractivity contribution is 9.10. The number of benzene rings is 4. The summed E-state index contributed by atoms with van der Waals surface area (Å²) >= 11 is 4.81. The molecule has 2 heterocycles. The zero-order valence-electron chi connectivity index (χ0n) is 25.7. The number of halogens is 1. The molecule has 1 aromatic heterocycles. The Hall–Kier alpha value is -5.26. The van der Waals surface area contributed by atoms with Gasteiger partial charge >= 0.3 is 0 Å². The van der Waals surface area contributed by atoms with Crippen molar-refractivity contribution in [1.82, 2.24) is 5.32 Å². The van der Waals surface area contributed by atoms with E-state index >= 15 is 0 Å². The van der Waals surface area contributed by atoms with Gasteiger partial charge in [-0.05, 0) is 79.7 Å². The third-order valence-electron chi connectivity index (χ3n) is 7.17. The molecule has 0 aliphatic carbocycles. The Kier molecular flexibility index (Phi) is 10.3. The van der Waals surface area contributed by atoms with Crippen LogP contribution in [0.25, 0.3) is 17.4 Å². The van der Waals surface area contributed by atoms with Gasteiger partial charge in [0.25, 0.3) is 11.8 Å². The van der Waals surface area contributed by atoms with E-state index in [-0.39, 0.29) is 11.6 Å². The quantitative estimate of drug-likeness (QED) is 0.0987. The minimum absolute atomic E-state index is 0.00319. The maximum Gasteiger partial charge on any atom is 0.272 e. The average Bonchev–Trinajstić information content (AvgIpc) is 3.58. The molecule has 11 heteroatoms. The maximum absolute atomic E-state index is 13.5. The van der Waals surface area contributed by atoms with Crippen LogP contribution in [0.3, 0.4) is 0 Å². The molecule has 0 spiro atoms. The average molecular weight is 725 g/mol. The van der Waals surface area contributed by atoms with Crippen molar-refractivity contribution in [2.24, 2.45) is 0 Å². The van der Waals surface area contributed by atoms with Gasteiger partial charge in [0.15, 0.2) is 11.5 Å². The van der Waals surface area contributed by atoms with Crippen molar-refractivity contribution in [2.75, 3.05) is 23.8 Å². The molecule has 0 saturated carbocycles. The second kappa shape index (κ2) is 15.1. The van der Waals surface area contributed by atoms with Crippen LogP contribution in [-0.2, 0) is 9.59 Å². The van der Waals surface area contributed by atoms with E-state index < -0.39 is 17.1 Å². The van der Waals surface area contributed by atoms with Crippen molar-refractivity contribution >= 4 is 62.9 Å². The smallest absolute Gasteiger partial charge is 0.272 e. The molecular weight excluding hydrogens is 694 g/mol. The van der Waals surface area contributed by atoms with Crippen LogP contribution in [-0.4, -0.2) is 36.2 Å². The Morgan fingerprint density at radius 2 is 1.50 bits per heavy atom. The number of furan rings is 1. The number of carbonyl (C=O) groups is 3. The molecule has 0 radical (unpaired) electrons. The van der Waals surface area contributed by atoms with Crippen LogP contribution in [0.4, 0.5) is 11.4 Å². The number of rotatable bonds is 10. The van der Waals surface area contributed by atoms with E-state index in [0.29, 0.717) is 53.2 Å². The molecule has 5 aromatic rings. The van der Waals surface area contributed by atoms with Crippen LogP contribution in [0.1, 0.15) is 23.0 Å². The summed E-state index contributed by atoms with van der Waals surface area (Å²) in [5.41, 5.74) is 2.40. The van der Waals surface area contributed by atoms with Crippen molar-refractivity contribution in [3.63, 3.8) is 0 Å². The standard InChI is InChI=1S/C37H30BrN3O6S/c1-23(35(42)40-28-13-17-33-34(21-28)46-20-19-45-33)48-30-15-11-27(12-16-30)39-37(44)31(41-36(43)25-5-3-2-4-6-25)22-29-14-18-32(47-29)24-7-9-26(38)10-8-24/h2-18,21-23H,19-20H2,1H3,(H,39,44)(H,40,42)(H,41,43).